The molecule has 2 aromatic rings. The highest BCUT2D eigenvalue weighted by atomic mass is 19.1. The van der Waals surface area contributed by atoms with E-state index in [4.69, 9.17) is 9.26 Å². The predicted octanol–water partition coefficient (Wildman–Crippen LogP) is 1.66. The highest BCUT2D eigenvalue weighted by molar-refractivity contribution is 5.91. The third-order valence-electron chi connectivity index (χ3n) is 4.33. The lowest BCUT2D eigenvalue weighted by Crippen LogP contribution is -2.50. The van der Waals surface area contributed by atoms with Crippen LogP contribution in [0.5, 0.6) is 5.75 Å². The lowest BCUT2D eigenvalue weighted by molar-refractivity contribution is -0.131. The van der Waals surface area contributed by atoms with E-state index in [1.54, 1.807) is 28.9 Å². The van der Waals surface area contributed by atoms with Crippen LogP contribution in [0.2, 0.25) is 0 Å². The van der Waals surface area contributed by atoms with E-state index in [-0.39, 0.29) is 29.7 Å². The Labute approximate surface area is 150 Å². The summed E-state index contributed by atoms with van der Waals surface area (Å²) in [5.41, 5.74) is 1.23. The number of hydrogen-bond acceptors (Lipinski definition) is 5. The molecule has 0 spiro atoms. The Morgan fingerprint density at radius 3 is 2.46 bits per heavy atom. The van der Waals surface area contributed by atoms with Crippen molar-refractivity contribution in [1.29, 1.82) is 0 Å². The number of rotatable bonds is 4. The molecule has 0 atom stereocenters. The Hall–Kier alpha value is -2.90. The second kappa shape index (κ2) is 7.55. The second-order valence-electron chi connectivity index (χ2n) is 6.15. The van der Waals surface area contributed by atoms with Gasteiger partial charge in [-0.2, -0.15) is 0 Å². The smallest absolute Gasteiger partial charge is 0.292 e. The standard InChI is InChI=1S/C18H20FN3O4/c1-12-9-16(26-20-12)18(24)22-7-5-21(6-8-22)17(23)11-13-3-4-15(25-2)14(19)10-13/h3-4,9-10H,5-8,11H2,1-2H3. The van der Waals surface area contributed by atoms with Crippen LogP contribution in [0.3, 0.4) is 0 Å². The number of aromatic nitrogens is 1. The molecule has 7 nitrogen and oxygen atoms in total. The van der Waals surface area contributed by atoms with Gasteiger partial charge in [-0.15, -0.1) is 0 Å². The van der Waals surface area contributed by atoms with Crippen LogP contribution in [-0.2, 0) is 11.2 Å². The highest BCUT2D eigenvalue weighted by Crippen LogP contribution is 2.19. The normalized spacial score (nSPS) is 14.4. The molecule has 1 aromatic heterocycles. The molecule has 0 N–H and O–H groups in total. The van der Waals surface area contributed by atoms with Crippen molar-refractivity contribution in [1.82, 2.24) is 15.0 Å². The zero-order chi connectivity index (χ0) is 18.7. The molecule has 0 saturated carbocycles. The first-order valence-corrected chi connectivity index (χ1v) is 8.30. The molecule has 1 saturated heterocycles. The number of nitrogens with zero attached hydrogens (tertiary/aromatic N) is 3. The van der Waals surface area contributed by atoms with Crippen molar-refractivity contribution in [2.24, 2.45) is 0 Å². The summed E-state index contributed by atoms with van der Waals surface area (Å²) in [6.45, 7) is 3.44. The lowest BCUT2D eigenvalue weighted by Gasteiger charge is -2.34. The van der Waals surface area contributed by atoms with Crippen LogP contribution in [0, 0.1) is 12.7 Å². The van der Waals surface area contributed by atoms with E-state index in [0.717, 1.165) is 0 Å². The van der Waals surface area contributed by atoms with E-state index in [1.807, 2.05) is 0 Å². The molecule has 2 heterocycles. The van der Waals surface area contributed by atoms with Gasteiger partial charge >= 0.3 is 0 Å². The maximum Gasteiger partial charge on any atom is 0.292 e. The highest BCUT2D eigenvalue weighted by Gasteiger charge is 2.26. The molecule has 2 amide bonds. The molecule has 1 fully saturated rings. The molecular weight excluding hydrogens is 341 g/mol. The van der Waals surface area contributed by atoms with Crippen molar-refractivity contribution in [3.63, 3.8) is 0 Å². The van der Waals surface area contributed by atoms with Crippen LogP contribution < -0.4 is 4.74 Å². The molecular formula is C18H20FN3O4. The van der Waals surface area contributed by atoms with E-state index in [0.29, 0.717) is 37.4 Å². The van der Waals surface area contributed by atoms with Crippen molar-refractivity contribution < 1.29 is 23.2 Å². The van der Waals surface area contributed by atoms with Gasteiger partial charge in [-0.1, -0.05) is 11.2 Å². The van der Waals surface area contributed by atoms with Crippen molar-refractivity contribution in [3.8, 4) is 5.75 Å². The predicted molar refractivity (Wildman–Crippen MR) is 90.4 cm³/mol. The zero-order valence-corrected chi connectivity index (χ0v) is 14.7. The summed E-state index contributed by atoms with van der Waals surface area (Å²) in [5, 5.41) is 3.72. The molecule has 0 bridgehead atoms. The molecule has 0 radical (unpaired) electrons. The van der Waals surface area contributed by atoms with Crippen LogP contribution in [0.15, 0.2) is 28.8 Å². The summed E-state index contributed by atoms with van der Waals surface area (Å²) in [7, 11) is 1.39. The van der Waals surface area contributed by atoms with Gasteiger partial charge in [0.15, 0.2) is 11.6 Å². The van der Waals surface area contributed by atoms with Crippen molar-refractivity contribution in [2.75, 3.05) is 33.3 Å². The Bertz CT molecular complexity index is 813. The molecule has 0 aliphatic carbocycles. The van der Waals surface area contributed by atoms with Gasteiger partial charge in [0.05, 0.1) is 19.2 Å². The Kier molecular flexibility index (Phi) is 5.20. The molecule has 26 heavy (non-hydrogen) atoms. The first kappa shape index (κ1) is 17.9. The monoisotopic (exact) mass is 361 g/mol. The number of halogens is 1. The lowest BCUT2D eigenvalue weighted by atomic mass is 10.1. The minimum atomic E-state index is -0.490. The van der Waals surface area contributed by atoms with Crippen molar-refractivity contribution in [2.45, 2.75) is 13.3 Å². The average Bonchev–Trinajstić information content (AvgIpc) is 3.08. The number of carbonyl (C=O) groups excluding carboxylic acids is 2. The van der Waals surface area contributed by atoms with Crippen LogP contribution in [0.25, 0.3) is 0 Å². The summed E-state index contributed by atoms with van der Waals surface area (Å²) in [5.74, 6) is -0.463. The van der Waals surface area contributed by atoms with Gasteiger partial charge < -0.3 is 19.1 Å². The van der Waals surface area contributed by atoms with Crippen LogP contribution >= 0.6 is 0 Å². The topological polar surface area (TPSA) is 75.9 Å². The SMILES string of the molecule is COc1ccc(CC(=O)N2CCN(C(=O)c3cc(C)no3)CC2)cc1F. The number of carbonyl (C=O) groups is 2. The number of hydrogen-bond donors (Lipinski definition) is 0. The largest absolute Gasteiger partial charge is 0.494 e. The maximum absolute atomic E-state index is 13.7. The number of methoxy groups -OCH3 is 1. The molecule has 0 unspecified atom stereocenters. The Balaban J connectivity index is 1.55. The van der Waals surface area contributed by atoms with E-state index < -0.39 is 5.82 Å². The average molecular weight is 361 g/mol. The quantitative estimate of drug-likeness (QED) is 0.828. The summed E-state index contributed by atoms with van der Waals surface area (Å²) >= 11 is 0. The number of piperazine rings is 1. The first-order chi connectivity index (χ1) is 12.5. The van der Waals surface area contributed by atoms with E-state index in [2.05, 4.69) is 5.16 Å². The fraction of sp³-hybridized carbons (Fsp3) is 0.389. The van der Waals surface area contributed by atoms with Gasteiger partial charge in [0.25, 0.3) is 5.91 Å². The summed E-state index contributed by atoms with van der Waals surface area (Å²) in [4.78, 5) is 28.1. The molecule has 1 aliphatic heterocycles. The molecule has 1 aromatic carbocycles. The minimum absolute atomic E-state index is 0.0998. The Morgan fingerprint density at radius 1 is 1.19 bits per heavy atom. The molecule has 3 rings (SSSR count). The maximum atomic E-state index is 13.7. The van der Waals surface area contributed by atoms with Gasteiger partial charge in [-0.25, -0.2) is 4.39 Å². The summed E-state index contributed by atoms with van der Waals surface area (Å²) < 4.78 is 23.6. The van der Waals surface area contributed by atoms with E-state index in [9.17, 15) is 14.0 Å². The van der Waals surface area contributed by atoms with E-state index >= 15 is 0 Å². The third-order valence-corrected chi connectivity index (χ3v) is 4.33. The zero-order valence-electron chi connectivity index (χ0n) is 14.7. The molecule has 8 heteroatoms. The summed E-state index contributed by atoms with van der Waals surface area (Å²) in [6.07, 6.45) is 0.107. The van der Waals surface area contributed by atoms with Crippen molar-refractivity contribution in [3.05, 3.63) is 47.1 Å². The number of benzene rings is 1. The summed E-state index contributed by atoms with van der Waals surface area (Å²) in [6, 6.07) is 6.08. The first-order valence-electron chi connectivity index (χ1n) is 8.30. The minimum Gasteiger partial charge on any atom is -0.494 e. The van der Waals surface area contributed by atoms with Gasteiger partial charge in [0.1, 0.15) is 0 Å². The van der Waals surface area contributed by atoms with Crippen LogP contribution in [0.1, 0.15) is 21.8 Å². The fourth-order valence-electron chi connectivity index (χ4n) is 2.89. The van der Waals surface area contributed by atoms with E-state index in [1.165, 1.54) is 19.2 Å². The number of aryl methyl sites for hydroxylation is 1. The van der Waals surface area contributed by atoms with Gasteiger partial charge in [-0.05, 0) is 24.6 Å². The third kappa shape index (κ3) is 3.84. The molecule has 138 valence electrons. The van der Waals surface area contributed by atoms with Crippen molar-refractivity contribution >= 4 is 11.8 Å². The Morgan fingerprint density at radius 2 is 1.88 bits per heavy atom. The van der Waals surface area contributed by atoms with Gasteiger partial charge in [0.2, 0.25) is 11.7 Å². The fourth-order valence-corrected chi connectivity index (χ4v) is 2.89. The molecule has 1 aliphatic rings. The second-order valence-corrected chi connectivity index (χ2v) is 6.15. The van der Waals surface area contributed by atoms with Crippen LogP contribution in [0.4, 0.5) is 4.39 Å². The number of ether oxygens (including phenoxy) is 1. The number of amides is 2. The van der Waals surface area contributed by atoms with Crippen LogP contribution in [-0.4, -0.2) is 60.1 Å². The van der Waals surface area contributed by atoms with Gasteiger partial charge in [-0.3, -0.25) is 9.59 Å². The van der Waals surface area contributed by atoms with Gasteiger partial charge in [0, 0.05) is 32.2 Å².